The molecule has 1 fully saturated rings. The fraction of sp³-hybridized carbons (Fsp3) is 0.368. The Hall–Kier alpha value is -3.16. The second-order valence-corrected chi connectivity index (χ2v) is 6.71. The number of primary amides is 1. The molecule has 0 radical (unpaired) electrons. The van der Waals surface area contributed by atoms with Crippen LogP contribution in [-0.2, 0) is 16.1 Å². The molecule has 8 nitrogen and oxygen atoms in total. The summed E-state index contributed by atoms with van der Waals surface area (Å²) >= 11 is 0. The monoisotopic (exact) mass is 369 g/mol. The molecule has 1 aliphatic heterocycles. The minimum Gasteiger partial charge on any atom is -0.369 e. The van der Waals surface area contributed by atoms with Crippen molar-refractivity contribution < 1.29 is 14.4 Å². The van der Waals surface area contributed by atoms with Crippen LogP contribution < -0.4 is 11.1 Å². The highest BCUT2D eigenvalue weighted by Gasteiger charge is 2.28. The molecule has 3 amide bonds. The summed E-state index contributed by atoms with van der Waals surface area (Å²) in [6, 6.07) is 7.20. The molecule has 1 saturated heterocycles. The number of benzene rings is 1. The van der Waals surface area contributed by atoms with Crippen LogP contribution in [-0.4, -0.2) is 45.5 Å². The quantitative estimate of drug-likeness (QED) is 0.814. The van der Waals surface area contributed by atoms with Crippen LogP contribution in [0.5, 0.6) is 0 Å². The van der Waals surface area contributed by atoms with E-state index in [0.717, 1.165) is 12.0 Å². The van der Waals surface area contributed by atoms with Gasteiger partial charge in [0.05, 0.1) is 23.4 Å². The van der Waals surface area contributed by atoms with Crippen molar-refractivity contribution in [1.29, 1.82) is 0 Å². The second kappa shape index (κ2) is 8.03. The van der Waals surface area contributed by atoms with Crippen molar-refractivity contribution in [3.8, 4) is 5.69 Å². The van der Waals surface area contributed by atoms with E-state index >= 15 is 0 Å². The van der Waals surface area contributed by atoms with Crippen LogP contribution in [0.3, 0.4) is 0 Å². The van der Waals surface area contributed by atoms with E-state index in [2.05, 4.69) is 10.4 Å². The molecule has 8 heteroatoms. The van der Waals surface area contributed by atoms with Gasteiger partial charge >= 0.3 is 0 Å². The van der Waals surface area contributed by atoms with Gasteiger partial charge in [0.25, 0.3) is 5.91 Å². The van der Waals surface area contributed by atoms with Crippen LogP contribution >= 0.6 is 0 Å². The zero-order valence-corrected chi connectivity index (χ0v) is 15.2. The Morgan fingerprint density at radius 2 is 2.07 bits per heavy atom. The number of carbonyl (C=O) groups is 3. The van der Waals surface area contributed by atoms with Crippen molar-refractivity contribution in [3.63, 3.8) is 0 Å². The lowest BCUT2D eigenvalue weighted by Crippen LogP contribution is -2.44. The third-order valence-corrected chi connectivity index (χ3v) is 4.67. The number of piperidine rings is 1. The highest BCUT2D eigenvalue weighted by atomic mass is 16.2. The molecule has 2 heterocycles. The number of amides is 3. The van der Waals surface area contributed by atoms with Gasteiger partial charge in [-0.25, -0.2) is 4.68 Å². The van der Waals surface area contributed by atoms with Crippen molar-refractivity contribution in [3.05, 3.63) is 47.8 Å². The van der Waals surface area contributed by atoms with E-state index in [-0.39, 0.29) is 23.6 Å². The van der Waals surface area contributed by atoms with E-state index in [0.29, 0.717) is 37.3 Å². The van der Waals surface area contributed by atoms with E-state index in [9.17, 15) is 14.4 Å². The maximum Gasteiger partial charge on any atom is 0.256 e. The Bertz CT molecular complexity index is 861. The number of para-hydroxylation sites is 1. The predicted octanol–water partition coefficient (Wildman–Crippen LogP) is 0.846. The van der Waals surface area contributed by atoms with Gasteiger partial charge in [-0.2, -0.15) is 5.10 Å². The Morgan fingerprint density at radius 1 is 1.30 bits per heavy atom. The first-order chi connectivity index (χ1) is 13.0. The van der Waals surface area contributed by atoms with Crippen LogP contribution in [0.2, 0.25) is 0 Å². The number of rotatable bonds is 5. The molecule has 0 saturated carbocycles. The topological polar surface area (TPSA) is 110 Å². The number of hydrogen-bond acceptors (Lipinski definition) is 4. The normalized spacial score (nSPS) is 16.8. The maximum absolute atomic E-state index is 13.1. The third-order valence-electron chi connectivity index (χ3n) is 4.67. The van der Waals surface area contributed by atoms with Crippen LogP contribution in [0.1, 0.15) is 35.7 Å². The maximum atomic E-state index is 13.1. The smallest absolute Gasteiger partial charge is 0.256 e. The van der Waals surface area contributed by atoms with E-state index in [1.165, 1.54) is 6.92 Å². The first-order valence-corrected chi connectivity index (χ1v) is 8.91. The zero-order valence-electron chi connectivity index (χ0n) is 15.2. The summed E-state index contributed by atoms with van der Waals surface area (Å²) < 4.78 is 1.62. The predicted molar refractivity (Wildman–Crippen MR) is 98.9 cm³/mol. The van der Waals surface area contributed by atoms with E-state index in [1.807, 2.05) is 12.1 Å². The average molecular weight is 369 g/mol. The van der Waals surface area contributed by atoms with Crippen molar-refractivity contribution in [2.24, 2.45) is 11.7 Å². The van der Waals surface area contributed by atoms with Gasteiger partial charge in [0.1, 0.15) is 0 Å². The highest BCUT2D eigenvalue weighted by molar-refractivity contribution is 5.98. The largest absolute Gasteiger partial charge is 0.369 e. The molecular formula is C19H23N5O3. The molecule has 0 aliphatic carbocycles. The van der Waals surface area contributed by atoms with Crippen molar-refractivity contribution in [2.45, 2.75) is 26.3 Å². The van der Waals surface area contributed by atoms with Gasteiger partial charge in [-0.1, -0.05) is 12.1 Å². The van der Waals surface area contributed by atoms with Gasteiger partial charge in [0.2, 0.25) is 11.8 Å². The number of aromatic nitrogens is 2. The van der Waals surface area contributed by atoms with Crippen LogP contribution in [0.25, 0.3) is 5.69 Å². The van der Waals surface area contributed by atoms with E-state index in [1.54, 1.807) is 34.1 Å². The van der Waals surface area contributed by atoms with Gasteiger partial charge in [-0.3, -0.25) is 14.4 Å². The van der Waals surface area contributed by atoms with Crippen molar-refractivity contribution in [2.75, 3.05) is 13.1 Å². The molecule has 3 N–H and O–H groups in total. The molecule has 1 aromatic carbocycles. The Kier molecular flexibility index (Phi) is 5.54. The Labute approximate surface area is 157 Å². The number of hydrogen-bond donors (Lipinski definition) is 2. The first-order valence-electron chi connectivity index (χ1n) is 8.91. The fourth-order valence-corrected chi connectivity index (χ4v) is 3.23. The molecular weight excluding hydrogens is 346 g/mol. The summed E-state index contributed by atoms with van der Waals surface area (Å²) in [7, 11) is 0. The number of nitrogens with zero attached hydrogens (tertiary/aromatic N) is 3. The number of carbonyl (C=O) groups excluding carboxylic acids is 3. The van der Waals surface area contributed by atoms with Gasteiger partial charge in [-0.15, -0.1) is 0 Å². The molecule has 2 aromatic rings. The summed E-state index contributed by atoms with van der Waals surface area (Å²) in [5.41, 5.74) is 7.41. The number of nitrogens with two attached hydrogens (primary N) is 1. The summed E-state index contributed by atoms with van der Waals surface area (Å²) in [5.74, 6) is -0.929. The summed E-state index contributed by atoms with van der Waals surface area (Å²) in [4.78, 5) is 37.3. The summed E-state index contributed by atoms with van der Waals surface area (Å²) in [6.45, 7) is 2.77. The summed E-state index contributed by atoms with van der Waals surface area (Å²) in [5, 5.41) is 7.04. The third kappa shape index (κ3) is 4.33. The zero-order chi connectivity index (χ0) is 19.4. The van der Waals surface area contributed by atoms with E-state index in [4.69, 9.17) is 5.73 Å². The second-order valence-electron chi connectivity index (χ2n) is 6.71. The Balaban J connectivity index is 1.82. The minimum absolute atomic E-state index is 0.118. The SMILES string of the molecule is CC(=O)NCc1cnn(-c2ccccc2C(=O)N2CCCC(C(N)=O)C2)c1. The molecule has 3 rings (SSSR count). The van der Waals surface area contributed by atoms with Crippen molar-refractivity contribution in [1.82, 2.24) is 20.0 Å². The molecule has 142 valence electrons. The molecule has 1 aromatic heterocycles. The molecule has 27 heavy (non-hydrogen) atoms. The molecule has 0 spiro atoms. The van der Waals surface area contributed by atoms with Gasteiger partial charge < -0.3 is 16.0 Å². The average Bonchev–Trinajstić information content (AvgIpc) is 3.15. The van der Waals surface area contributed by atoms with E-state index < -0.39 is 0 Å². The van der Waals surface area contributed by atoms with Gasteiger partial charge in [0, 0.05) is 38.3 Å². The van der Waals surface area contributed by atoms with Gasteiger partial charge in [0.15, 0.2) is 0 Å². The first kappa shape index (κ1) is 18.6. The van der Waals surface area contributed by atoms with Crippen LogP contribution in [0.15, 0.2) is 36.7 Å². The van der Waals surface area contributed by atoms with Crippen LogP contribution in [0.4, 0.5) is 0 Å². The summed E-state index contributed by atoms with van der Waals surface area (Å²) in [6.07, 6.45) is 4.91. The number of likely N-dealkylation sites (tertiary alicyclic amines) is 1. The molecule has 1 unspecified atom stereocenters. The Morgan fingerprint density at radius 3 is 2.81 bits per heavy atom. The molecule has 1 atom stereocenters. The lowest BCUT2D eigenvalue weighted by Gasteiger charge is -2.31. The number of nitrogens with one attached hydrogen (secondary N) is 1. The molecule has 1 aliphatic rings. The lowest BCUT2D eigenvalue weighted by molar-refractivity contribution is -0.123. The van der Waals surface area contributed by atoms with Gasteiger partial charge in [-0.05, 0) is 25.0 Å². The van der Waals surface area contributed by atoms with Crippen LogP contribution in [0, 0.1) is 5.92 Å². The fourth-order valence-electron chi connectivity index (χ4n) is 3.23. The minimum atomic E-state index is -0.365. The standard InChI is InChI=1S/C19H23N5O3/c1-13(25)21-9-14-10-22-24(11-14)17-7-3-2-6-16(17)19(27)23-8-4-5-15(12-23)18(20)26/h2-3,6-7,10-11,15H,4-5,8-9,12H2,1H3,(H2,20,26)(H,21,25). The van der Waals surface area contributed by atoms with Crippen molar-refractivity contribution >= 4 is 17.7 Å². The lowest BCUT2D eigenvalue weighted by atomic mass is 9.96. The molecule has 0 bridgehead atoms. The highest BCUT2D eigenvalue weighted by Crippen LogP contribution is 2.22.